The molecule has 19 heavy (non-hydrogen) atoms. The maximum absolute atomic E-state index is 13.5. The predicted molar refractivity (Wildman–Crippen MR) is 74.8 cm³/mol. The minimum Gasteiger partial charge on any atom is -0.486 e. The Kier molecular flexibility index (Phi) is 4.57. The molecule has 0 fully saturated rings. The van der Waals surface area contributed by atoms with Crippen molar-refractivity contribution >= 4 is 34.2 Å². The maximum Gasteiger partial charge on any atom is 0.168 e. The molecular weight excluding hydrogens is 391 g/mol. The third-order valence-corrected chi connectivity index (χ3v) is 3.43. The molecule has 0 bridgehead atoms. The molecule has 0 aliphatic carbocycles. The van der Waals surface area contributed by atoms with Crippen molar-refractivity contribution in [3.63, 3.8) is 0 Å². The molecule has 0 aliphatic rings. The van der Waals surface area contributed by atoms with E-state index in [1.54, 1.807) is 22.6 Å². The molecule has 0 aliphatic heterocycles. The molecule has 2 aromatic carbocycles. The van der Waals surface area contributed by atoms with Gasteiger partial charge in [-0.3, -0.25) is 0 Å². The summed E-state index contributed by atoms with van der Waals surface area (Å²) in [4.78, 5) is 0. The summed E-state index contributed by atoms with van der Waals surface area (Å²) in [5.74, 6) is -2.15. The molecule has 0 radical (unpaired) electrons. The second-order valence-corrected chi connectivity index (χ2v) is 5.32. The van der Waals surface area contributed by atoms with Gasteiger partial charge < -0.3 is 4.74 Å². The zero-order chi connectivity index (χ0) is 14.0. The molecule has 2 rings (SSSR count). The van der Waals surface area contributed by atoms with Crippen molar-refractivity contribution in [2.45, 2.75) is 6.61 Å². The lowest BCUT2D eigenvalue weighted by molar-refractivity contribution is 0.283. The lowest BCUT2D eigenvalue weighted by Crippen LogP contribution is -2.01. The topological polar surface area (TPSA) is 9.23 Å². The van der Waals surface area contributed by atoms with Crippen molar-refractivity contribution in [3.8, 4) is 5.75 Å². The van der Waals surface area contributed by atoms with Gasteiger partial charge in [0.05, 0.1) is 3.57 Å². The van der Waals surface area contributed by atoms with E-state index in [4.69, 9.17) is 16.3 Å². The first-order chi connectivity index (χ1) is 8.97. The molecule has 0 spiro atoms. The number of benzene rings is 2. The number of hydrogen-bond acceptors (Lipinski definition) is 1. The highest BCUT2D eigenvalue weighted by Gasteiger charge is 2.10. The summed E-state index contributed by atoms with van der Waals surface area (Å²) in [6, 6.07) is 6.05. The van der Waals surface area contributed by atoms with Gasteiger partial charge >= 0.3 is 0 Å². The van der Waals surface area contributed by atoms with Crippen LogP contribution in [0.5, 0.6) is 5.75 Å². The molecule has 0 unspecified atom stereocenters. The fraction of sp³-hybridized carbons (Fsp3) is 0.0769. The van der Waals surface area contributed by atoms with Crippen molar-refractivity contribution in [2.24, 2.45) is 0 Å². The van der Waals surface area contributed by atoms with Gasteiger partial charge in [0.2, 0.25) is 0 Å². The Balaban J connectivity index is 2.16. The number of ether oxygens (including phenoxy) is 1. The van der Waals surface area contributed by atoms with Crippen LogP contribution in [0.4, 0.5) is 13.2 Å². The fourth-order valence-electron chi connectivity index (χ4n) is 1.41. The molecule has 6 heteroatoms. The molecule has 0 aromatic heterocycles. The first-order valence-electron chi connectivity index (χ1n) is 5.18. The Hall–Kier alpha value is -0.950. The molecule has 0 saturated heterocycles. The van der Waals surface area contributed by atoms with Crippen molar-refractivity contribution < 1.29 is 17.9 Å². The summed E-state index contributed by atoms with van der Waals surface area (Å²) >= 11 is 7.33. The Morgan fingerprint density at radius 2 is 1.74 bits per heavy atom. The van der Waals surface area contributed by atoms with Crippen LogP contribution in [-0.2, 0) is 6.61 Å². The largest absolute Gasteiger partial charge is 0.486 e. The van der Waals surface area contributed by atoms with Crippen molar-refractivity contribution in [3.05, 3.63) is 61.9 Å². The van der Waals surface area contributed by atoms with E-state index in [0.29, 0.717) is 0 Å². The second kappa shape index (κ2) is 6.00. The zero-order valence-corrected chi connectivity index (χ0v) is 12.3. The van der Waals surface area contributed by atoms with E-state index in [0.717, 1.165) is 12.1 Å². The van der Waals surface area contributed by atoms with Gasteiger partial charge in [-0.05, 0) is 40.8 Å². The Bertz CT molecular complexity index is 619. The van der Waals surface area contributed by atoms with Crippen LogP contribution in [0, 0.1) is 21.0 Å². The van der Waals surface area contributed by atoms with E-state index in [1.807, 2.05) is 0 Å². The Labute approximate surface area is 126 Å². The number of hydrogen-bond donors (Lipinski definition) is 0. The van der Waals surface area contributed by atoms with E-state index in [9.17, 15) is 13.2 Å². The standard InChI is InChI=1S/C13H7ClF3IO/c14-8-2-1-7(9(15)3-8)6-19-13-5-12(18)10(16)4-11(13)17/h1-5H,6H2. The van der Waals surface area contributed by atoms with Gasteiger partial charge in [0.15, 0.2) is 11.6 Å². The average Bonchev–Trinajstić information content (AvgIpc) is 2.34. The van der Waals surface area contributed by atoms with Crippen LogP contribution in [0.3, 0.4) is 0 Å². The molecule has 0 N–H and O–H groups in total. The minimum atomic E-state index is -0.827. The number of rotatable bonds is 3. The lowest BCUT2D eigenvalue weighted by Gasteiger charge is -2.09. The summed E-state index contributed by atoms with van der Waals surface area (Å²) < 4.78 is 45.3. The summed E-state index contributed by atoms with van der Waals surface area (Å²) in [6.07, 6.45) is 0. The van der Waals surface area contributed by atoms with Crippen LogP contribution < -0.4 is 4.74 Å². The molecule has 0 heterocycles. The van der Waals surface area contributed by atoms with Crippen molar-refractivity contribution in [1.82, 2.24) is 0 Å². The zero-order valence-electron chi connectivity index (χ0n) is 9.39. The molecular formula is C13H7ClF3IO. The minimum absolute atomic E-state index is 0.125. The summed E-state index contributed by atoms with van der Waals surface area (Å²) in [5, 5.41) is 0.267. The second-order valence-electron chi connectivity index (χ2n) is 3.72. The highest BCUT2D eigenvalue weighted by molar-refractivity contribution is 14.1. The van der Waals surface area contributed by atoms with E-state index < -0.39 is 17.5 Å². The van der Waals surface area contributed by atoms with E-state index >= 15 is 0 Å². The highest BCUT2D eigenvalue weighted by Crippen LogP contribution is 2.24. The van der Waals surface area contributed by atoms with Gasteiger partial charge in [-0.2, -0.15) is 0 Å². The van der Waals surface area contributed by atoms with Crippen molar-refractivity contribution in [2.75, 3.05) is 0 Å². The number of halogens is 5. The van der Waals surface area contributed by atoms with Gasteiger partial charge in [-0.25, -0.2) is 13.2 Å². The van der Waals surface area contributed by atoms with Gasteiger partial charge in [-0.1, -0.05) is 17.7 Å². The van der Waals surface area contributed by atoms with Crippen LogP contribution in [-0.4, -0.2) is 0 Å². The molecule has 100 valence electrons. The Morgan fingerprint density at radius 1 is 1.00 bits per heavy atom. The maximum atomic E-state index is 13.5. The van der Waals surface area contributed by atoms with Gasteiger partial charge in [0.1, 0.15) is 18.2 Å². The first kappa shape index (κ1) is 14.5. The lowest BCUT2D eigenvalue weighted by atomic mass is 10.2. The monoisotopic (exact) mass is 398 g/mol. The van der Waals surface area contributed by atoms with Crippen LogP contribution in [0.1, 0.15) is 5.56 Å². The van der Waals surface area contributed by atoms with Crippen LogP contribution >= 0.6 is 34.2 Å². The van der Waals surface area contributed by atoms with Crippen LogP contribution in [0.15, 0.2) is 30.3 Å². The molecule has 2 aromatic rings. The third kappa shape index (κ3) is 3.54. The van der Waals surface area contributed by atoms with Crippen molar-refractivity contribution in [1.29, 1.82) is 0 Å². The normalized spacial score (nSPS) is 10.6. The Morgan fingerprint density at radius 3 is 2.42 bits per heavy atom. The summed E-state index contributed by atoms with van der Waals surface area (Å²) in [6.45, 7) is -0.165. The SMILES string of the molecule is Fc1cc(F)c(OCc2ccc(Cl)cc2F)cc1I. The molecule has 1 nitrogen and oxygen atoms in total. The van der Waals surface area contributed by atoms with Gasteiger partial charge in [-0.15, -0.1) is 0 Å². The average molecular weight is 399 g/mol. The van der Waals surface area contributed by atoms with Crippen LogP contribution in [0.2, 0.25) is 5.02 Å². The van der Waals surface area contributed by atoms with Gasteiger partial charge in [0.25, 0.3) is 0 Å². The molecule has 0 atom stereocenters. The predicted octanol–water partition coefficient (Wildman–Crippen LogP) is 4.94. The summed E-state index contributed by atoms with van der Waals surface area (Å²) in [7, 11) is 0. The smallest absolute Gasteiger partial charge is 0.168 e. The molecule has 0 saturated carbocycles. The van der Waals surface area contributed by atoms with Crippen LogP contribution in [0.25, 0.3) is 0 Å². The van der Waals surface area contributed by atoms with E-state index in [1.165, 1.54) is 18.2 Å². The van der Waals surface area contributed by atoms with E-state index in [2.05, 4.69) is 0 Å². The third-order valence-electron chi connectivity index (χ3n) is 2.37. The summed E-state index contributed by atoms with van der Waals surface area (Å²) in [5.41, 5.74) is 0.239. The highest BCUT2D eigenvalue weighted by atomic mass is 127. The molecule has 0 amide bonds. The van der Waals surface area contributed by atoms with E-state index in [-0.39, 0.29) is 26.5 Å². The fourth-order valence-corrected chi connectivity index (χ4v) is 2.01. The quantitative estimate of drug-likeness (QED) is 0.526. The van der Waals surface area contributed by atoms with Gasteiger partial charge in [0, 0.05) is 16.7 Å². The first-order valence-corrected chi connectivity index (χ1v) is 6.64.